The minimum Gasteiger partial charge on any atom is -0.350 e. The first-order chi connectivity index (χ1) is 13.3. The van der Waals surface area contributed by atoms with E-state index in [0.29, 0.717) is 12.5 Å². The zero-order chi connectivity index (χ0) is 18.5. The maximum absolute atomic E-state index is 4.62. The third-order valence-corrected chi connectivity index (χ3v) is 4.43. The average molecular weight is 355 g/mol. The molecule has 5 heteroatoms. The Balaban J connectivity index is 1.54. The van der Waals surface area contributed by atoms with Crippen molar-refractivity contribution in [2.75, 3.05) is 10.6 Å². The third kappa shape index (κ3) is 4.03. The number of hydrogen-bond donors (Lipinski definition) is 2. The fourth-order valence-corrected chi connectivity index (χ4v) is 2.88. The Morgan fingerprint density at radius 3 is 2.44 bits per heavy atom. The van der Waals surface area contributed by atoms with Gasteiger partial charge in [0.25, 0.3) is 0 Å². The van der Waals surface area contributed by atoms with Crippen molar-refractivity contribution in [2.45, 2.75) is 19.9 Å². The van der Waals surface area contributed by atoms with Gasteiger partial charge in [0.05, 0.1) is 10.9 Å². The first kappa shape index (κ1) is 17.0. The molecular formula is C22H21N5. The average Bonchev–Trinajstić information content (AvgIpc) is 2.73. The number of nitrogens with zero attached hydrogens (tertiary/aromatic N) is 3. The number of aromatic nitrogens is 3. The minimum absolute atomic E-state index is 0.607. The van der Waals surface area contributed by atoms with Crippen LogP contribution in [0.2, 0.25) is 0 Å². The summed E-state index contributed by atoms with van der Waals surface area (Å²) in [6, 6.07) is 20.5. The molecule has 0 unspecified atom stereocenters. The van der Waals surface area contributed by atoms with Crippen molar-refractivity contribution in [3.8, 4) is 0 Å². The molecule has 134 valence electrons. The molecule has 0 radical (unpaired) electrons. The summed E-state index contributed by atoms with van der Waals surface area (Å²) in [5.41, 5.74) is 4.35. The topological polar surface area (TPSA) is 62.7 Å². The van der Waals surface area contributed by atoms with Crippen molar-refractivity contribution < 1.29 is 0 Å². The van der Waals surface area contributed by atoms with Gasteiger partial charge in [-0.25, -0.2) is 15.0 Å². The van der Waals surface area contributed by atoms with E-state index < -0.39 is 0 Å². The standard InChI is InChI=1S/C22H21N5/c1-2-16-8-10-18(11-9-16)26-21-19-15-25-22(27-20(19)12-13-23-21)24-14-17-6-4-3-5-7-17/h3-13,15H,2,14H2,1H3,(H,23,26)(H,24,25,27). The molecule has 2 heterocycles. The molecule has 0 aliphatic rings. The van der Waals surface area contributed by atoms with E-state index in [1.807, 2.05) is 30.5 Å². The first-order valence-corrected chi connectivity index (χ1v) is 9.07. The summed E-state index contributed by atoms with van der Waals surface area (Å²) in [5.74, 6) is 1.36. The predicted octanol–water partition coefficient (Wildman–Crippen LogP) is 4.94. The van der Waals surface area contributed by atoms with E-state index in [1.54, 1.807) is 6.20 Å². The molecular weight excluding hydrogens is 334 g/mol. The van der Waals surface area contributed by atoms with Crippen molar-refractivity contribution >= 4 is 28.4 Å². The van der Waals surface area contributed by atoms with Gasteiger partial charge in [0.2, 0.25) is 5.95 Å². The van der Waals surface area contributed by atoms with Crippen molar-refractivity contribution in [1.82, 2.24) is 15.0 Å². The number of rotatable bonds is 6. The van der Waals surface area contributed by atoms with Gasteiger partial charge in [-0.1, -0.05) is 49.4 Å². The third-order valence-electron chi connectivity index (χ3n) is 4.43. The van der Waals surface area contributed by atoms with Crippen LogP contribution in [-0.2, 0) is 13.0 Å². The van der Waals surface area contributed by atoms with E-state index in [9.17, 15) is 0 Å². The number of anilines is 3. The molecule has 0 aliphatic heterocycles. The van der Waals surface area contributed by atoms with Crippen molar-refractivity contribution in [1.29, 1.82) is 0 Å². The largest absolute Gasteiger partial charge is 0.350 e. The van der Waals surface area contributed by atoms with Gasteiger partial charge in [0, 0.05) is 24.6 Å². The zero-order valence-corrected chi connectivity index (χ0v) is 15.2. The van der Waals surface area contributed by atoms with Crippen LogP contribution in [0, 0.1) is 0 Å². The maximum atomic E-state index is 4.62. The van der Waals surface area contributed by atoms with Crippen LogP contribution in [0.25, 0.3) is 10.9 Å². The lowest BCUT2D eigenvalue weighted by molar-refractivity contribution is 1.07. The summed E-state index contributed by atoms with van der Waals surface area (Å²) < 4.78 is 0. The molecule has 0 spiro atoms. The highest BCUT2D eigenvalue weighted by Gasteiger charge is 2.06. The molecule has 0 fully saturated rings. The molecule has 4 aromatic rings. The first-order valence-electron chi connectivity index (χ1n) is 9.07. The summed E-state index contributed by atoms with van der Waals surface area (Å²) in [6.45, 7) is 2.84. The quantitative estimate of drug-likeness (QED) is 0.513. The number of nitrogens with one attached hydrogen (secondary N) is 2. The molecule has 2 aromatic carbocycles. The van der Waals surface area contributed by atoms with Gasteiger partial charge in [0.1, 0.15) is 5.82 Å². The molecule has 0 bridgehead atoms. The minimum atomic E-state index is 0.607. The second-order valence-electron chi connectivity index (χ2n) is 6.30. The molecule has 0 aliphatic carbocycles. The van der Waals surface area contributed by atoms with Crippen molar-refractivity contribution in [3.05, 3.63) is 84.2 Å². The van der Waals surface area contributed by atoms with E-state index in [0.717, 1.165) is 28.8 Å². The fraction of sp³-hybridized carbons (Fsp3) is 0.136. The van der Waals surface area contributed by atoms with Crippen LogP contribution in [0.3, 0.4) is 0 Å². The fourth-order valence-electron chi connectivity index (χ4n) is 2.88. The zero-order valence-electron chi connectivity index (χ0n) is 15.2. The van der Waals surface area contributed by atoms with E-state index in [2.05, 4.69) is 68.9 Å². The van der Waals surface area contributed by atoms with E-state index >= 15 is 0 Å². The summed E-state index contributed by atoms with van der Waals surface area (Å²) >= 11 is 0. The maximum Gasteiger partial charge on any atom is 0.223 e. The highest BCUT2D eigenvalue weighted by atomic mass is 15.1. The molecule has 27 heavy (non-hydrogen) atoms. The van der Waals surface area contributed by atoms with Gasteiger partial charge in [-0.05, 0) is 35.7 Å². The molecule has 5 nitrogen and oxygen atoms in total. The van der Waals surface area contributed by atoms with Crippen LogP contribution < -0.4 is 10.6 Å². The summed E-state index contributed by atoms with van der Waals surface area (Å²) in [6.07, 6.45) is 4.60. The second-order valence-corrected chi connectivity index (χ2v) is 6.30. The molecule has 0 atom stereocenters. The second kappa shape index (κ2) is 7.83. The number of benzene rings is 2. The van der Waals surface area contributed by atoms with Gasteiger partial charge in [-0.3, -0.25) is 0 Å². The highest BCUT2D eigenvalue weighted by molar-refractivity contribution is 5.90. The molecule has 0 amide bonds. The van der Waals surface area contributed by atoms with Crippen LogP contribution >= 0.6 is 0 Å². The van der Waals surface area contributed by atoms with Gasteiger partial charge in [-0.2, -0.15) is 0 Å². The Bertz CT molecular complexity index is 1030. The summed E-state index contributed by atoms with van der Waals surface area (Å²) in [4.78, 5) is 13.5. The van der Waals surface area contributed by atoms with Crippen LogP contribution in [0.1, 0.15) is 18.1 Å². The van der Waals surface area contributed by atoms with Crippen molar-refractivity contribution in [3.63, 3.8) is 0 Å². The van der Waals surface area contributed by atoms with Gasteiger partial charge in [0.15, 0.2) is 0 Å². The number of hydrogen-bond acceptors (Lipinski definition) is 5. The molecule has 2 aromatic heterocycles. The Kier molecular flexibility index (Phi) is 4.92. The van der Waals surface area contributed by atoms with E-state index in [4.69, 9.17) is 0 Å². The molecule has 4 rings (SSSR count). The lowest BCUT2D eigenvalue weighted by atomic mass is 10.1. The van der Waals surface area contributed by atoms with Crippen molar-refractivity contribution in [2.24, 2.45) is 0 Å². The number of fused-ring (bicyclic) bond motifs is 1. The van der Waals surface area contributed by atoms with Crippen LogP contribution in [-0.4, -0.2) is 15.0 Å². The predicted molar refractivity (Wildman–Crippen MR) is 110 cm³/mol. The van der Waals surface area contributed by atoms with Crippen LogP contribution in [0.5, 0.6) is 0 Å². The smallest absolute Gasteiger partial charge is 0.223 e. The number of aryl methyl sites for hydroxylation is 1. The van der Waals surface area contributed by atoms with Crippen LogP contribution in [0.15, 0.2) is 73.1 Å². The number of pyridine rings is 1. The van der Waals surface area contributed by atoms with Gasteiger partial charge < -0.3 is 10.6 Å². The molecule has 0 saturated carbocycles. The normalized spacial score (nSPS) is 10.7. The Morgan fingerprint density at radius 1 is 0.852 bits per heavy atom. The molecule has 2 N–H and O–H groups in total. The Morgan fingerprint density at radius 2 is 1.67 bits per heavy atom. The monoisotopic (exact) mass is 355 g/mol. The lowest BCUT2D eigenvalue weighted by Gasteiger charge is -2.10. The highest BCUT2D eigenvalue weighted by Crippen LogP contribution is 2.23. The Hall–Kier alpha value is -3.47. The lowest BCUT2D eigenvalue weighted by Crippen LogP contribution is -2.04. The van der Waals surface area contributed by atoms with Gasteiger partial charge in [-0.15, -0.1) is 0 Å². The SMILES string of the molecule is CCc1ccc(Nc2nccc3nc(NCc4ccccc4)ncc23)cc1. The van der Waals surface area contributed by atoms with E-state index in [-0.39, 0.29) is 0 Å². The summed E-state index contributed by atoms with van der Waals surface area (Å²) in [5, 5.41) is 7.53. The molecule has 0 saturated heterocycles. The summed E-state index contributed by atoms with van der Waals surface area (Å²) in [7, 11) is 0. The van der Waals surface area contributed by atoms with Crippen LogP contribution in [0.4, 0.5) is 17.5 Å². The Labute approximate surface area is 158 Å². The van der Waals surface area contributed by atoms with Gasteiger partial charge >= 0.3 is 0 Å². The van der Waals surface area contributed by atoms with E-state index in [1.165, 1.54) is 11.1 Å².